The van der Waals surface area contributed by atoms with Crippen molar-refractivity contribution in [2.75, 3.05) is 6.61 Å². The Labute approximate surface area is 73.4 Å². The van der Waals surface area contributed by atoms with Crippen molar-refractivity contribution in [1.82, 2.24) is 4.98 Å². The van der Waals surface area contributed by atoms with E-state index in [0.29, 0.717) is 0 Å². The fourth-order valence-electron chi connectivity index (χ4n) is 0.743. The molecule has 72 valence electrons. The Kier molecular flexibility index (Phi) is 2.75. The minimum Gasteiger partial charge on any atom is -0.468 e. The summed E-state index contributed by atoms with van der Waals surface area (Å²) in [5.74, 6) is -0.00248. The lowest BCUT2D eigenvalue weighted by Crippen LogP contribution is -2.19. The summed E-state index contributed by atoms with van der Waals surface area (Å²) in [7, 11) is 0. The second-order valence-electron chi connectivity index (χ2n) is 2.58. The molecule has 0 amide bonds. The molecule has 1 rings (SSSR count). The average molecular weight is 191 g/mol. The van der Waals surface area contributed by atoms with Crippen LogP contribution < -0.4 is 4.74 Å². The van der Waals surface area contributed by atoms with Crippen LogP contribution in [-0.4, -0.2) is 17.8 Å². The lowest BCUT2D eigenvalue weighted by Gasteiger charge is -2.07. The zero-order chi connectivity index (χ0) is 9.90. The fourth-order valence-corrected chi connectivity index (χ4v) is 0.743. The number of nitrogens with zero attached hydrogens (tertiary/aromatic N) is 1. The minimum absolute atomic E-state index is 0.00248. The second kappa shape index (κ2) is 3.64. The Bertz CT molecular complexity index is 285. The zero-order valence-corrected chi connectivity index (χ0v) is 6.93. The summed E-state index contributed by atoms with van der Waals surface area (Å²) in [6.45, 7) is 0.450. The number of ether oxygens (including phenoxy) is 1. The molecule has 0 saturated carbocycles. The number of hydrogen-bond donors (Lipinski definition) is 0. The highest BCUT2D eigenvalue weighted by atomic mass is 19.4. The average Bonchev–Trinajstić information content (AvgIpc) is 2.00. The summed E-state index contributed by atoms with van der Waals surface area (Å²) in [4.78, 5) is 3.62. The van der Waals surface area contributed by atoms with Gasteiger partial charge in [-0.15, -0.1) is 0 Å². The Morgan fingerprint density at radius 3 is 2.69 bits per heavy atom. The number of rotatable bonds is 2. The highest BCUT2D eigenvalue weighted by Gasteiger charge is 2.28. The number of halogens is 3. The van der Waals surface area contributed by atoms with Crippen LogP contribution in [0.1, 0.15) is 5.56 Å². The molecule has 0 aliphatic rings. The van der Waals surface area contributed by atoms with Crippen molar-refractivity contribution >= 4 is 0 Å². The van der Waals surface area contributed by atoms with Crippen LogP contribution in [-0.2, 0) is 0 Å². The van der Waals surface area contributed by atoms with Gasteiger partial charge >= 0.3 is 6.18 Å². The molecule has 0 saturated heterocycles. The van der Waals surface area contributed by atoms with Crippen LogP contribution in [0.3, 0.4) is 0 Å². The van der Waals surface area contributed by atoms with Crippen LogP contribution in [0.25, 0.3) is 0 Å². The summed E-state index contributed by atoms with van der Waals surface area (Å²) in [6, 6.07) is 3.13. The minimum atomic E-state index is -4.31. The SMILES string of the molecule is Cc1ccnc(OCC(F)(F)F)c1. The van der Waals surface area contributed by atoms with E-state index in [1.165, 1.54) is 12.3 Å². The monoisotopic (exact) mass is 191 g/mol. The third-order valence-electron chi connectivity index (χ3n) is 1.27. The van der Waals surface area contributed by atoms with Crippen LogP contribution in [0.5, 0.6) is 5.88 Å². The van der Waals surface area contributed by atoms with Crippen molar-refractivity contribution in [2.45, 2.75) is 13.1 Å². The lowest BCUT2D eigenvalue weighted by molar-refractivity contribution is -0.154. The maximum Gasteiger partial charge on any atom is 0.422 e. The number of aryl methyl sites for hydroxylation is 1. The molecule has 0 aromatic carbocycles. The molecule has 0 radical (unpaired) electrons. The molecule has 0 N–H and O–H groups in total. The van der Waals surface area contributed by atoms with Gasteiger partial charge in [-0.1, -0.05) is 0 Å². The highest BCUT2D eigenvalue weighted by molar-refractivity contribution is 5.18. The predicted molar refractivity (Wildman–Crippen MR) is 40.5 cm³/mol. The number of aromatic nitrogens is 1. The molecule has 0 fully saturated rings. The van der Waals surface area contributed by atoms with Gasteiger partial charge in [0.1, 0.15) is 0 Å². The Morgan fingerprint density at radius 2 is 2.15 bits per heavy atom. The molecular formula is C8H8F3NO. The van der Waals surface area contributed by atoms with Crippen LogP contribution in [0, 0.1) is 6.92 Å². The summed E-state index contributed by atoms with van der Waals surface area (Å²) in [6.07, 6.45) is -2.91. The normalized spacial score (nSPS) is 11.4. The van der Waals surface area contributed by atoms with Crippen LogP contribution in [0.15, 0.2) is 18.3 Å². The number of hydrogen-bond acceptors (Lipinski definition) is 2. The molecule has 1 heterocycles. The Morgan fingerprint density at radius 1 is 1.46 bits per heavy atom. The Balaban J connectivity index is 2.55. The van der Waals surface area contributed by atoms with Crippen molar-refractivity contribution in [1.29, 1.82) is 0 Å². The summed E-state index contributed by atoms with van der Waals surface area (Å²) in [5, 5.41) is 0. The van der Waals surface area contributed by atoms with Gasteiger partial charge in [0.15, 0.2) is 6.61 Å². The standard InChI is InChI=1S/C8H8F3NO/c1-6-2-3-12-7(4-6)13-5-8(9,10)11/h2-4H,5H2,1H3. The van der Waals surface area contributed by atoms with Gasteiger partial charge in [-0.3, -0.25) is 0 Å². The van der Waals surface area contributed by atoms with E-state index in [2.05, 4.69) is 9.72 Å². The first-order valence-electron chi connectivity index (χ1n) is 3.59. The largest absolute Gasteiger partial charge is 0.468 e. The van der Waals surface area contributed by atoms with Crippen LogP contribution in [0.4, 0.5) is 13.2 Å². The van der Waals surface area contributed by atoms with Crippen molar-refractivity contribution in [3.63, 3.8) is 0 Å². The molecule has 0 spiro atoms. The molecule has 5 heteroatoms. The van der Waals surface area contributed by atoms with Crippen molar-refractivity contribution in [2.24, 2.45) is 0 Å². The molecule has 0 bridgehead atoms. The molecular weight excluding hydrogens is 183 g/mol. The molecule has 13 heavy (non-hydrogen) atoms. The first-order chi connectivity index (χ1) is 5.97. The predicted octanol–water partition coefficient (Wildman–Crippen LogP) is 2.33. The molecule has 2 nitrogen and oxygen atoms in total. The van der Waals surface area contributed by atoms with E-state index in [4.69, 9.17) is 0 Å². The summed E-state index contributed by atoms with van der Waals surface area (Å²) < 4.78 is 39.5. The molecule has 0 unspecified atom stereocenters. The molecule has 0 atom stereocenters. The van der Waals surface area contributed by atoms with E-state index in [9.17, 15) is 13.2 Å². The van der Waals surface area contributed by atoms with Gasteiger partial charge in [0.2, 0.25) is 5.88 Å². The van der Waals surface area contributed by atoms with Crippen molar-refractivity contribution in [3.8, 4) is 5.88 Å². The smallest absolute Gasteiger partial charge is 0.422 e. The van der Waals surface area contributed by atoms with E-state index >= 15 is 0 Å². The molecule has 1 aromatic rings. The maximum atomic E-state index is 11.7. The van der Waals surface area contributed by atoms with Gasteiger partial charge in [0, 0.05) is 12.3 Å². The quantitative estimate of drug-likeness (QED) is 0.715. The topological polar surface area (TPSA) is 22.1 Å². The zero-order valence-electron chi connectivity index (χ0n) is 6.93. The third-order valence-corrected chi connectivity index (χ3v) is 1.27. The first kappa shape index (κ1) is 9.83. The first-order valence-corrected chi connectivity index (χ1v) is 3.59. The third kappa shape index (κ3) is 3.78. The van der Waals surface area contributed by atoms with Crippen LogP contribution in [0.2, 0.25) is 0 Å². The summed E-state index contributed by atoms with van der Waals surface area (Å²) in [5.41, 5.74) is 0.812. The van der Waals surface area contributed by atoms with Gasteiger partial charge in [-0.25, -0.2) is 4.98 Å². The lowest BCUT2D eigenvalue weighted by atomic mass is 10.3. The van der Waals surface area contributed by atoms with Gasteiger partial charge in [0.25, 0.3) is 0 Å². The van der Waals surface area contributed by atoms with E-state index in [1.807, 2.05) is 0 Å². The maximum absolute atomic E-state index is 11.7. The molecule has 0 aliphatic carbocycles. The van der Waals surface area contributed by atoms with E-state index < -0.39 is 12.8 Å². The fraction of sp³-hybridized carbons (Fsp3) is 0.375. The molecule has 0 aliphatic heterocycles. The second-order valence-corrected chi connectivity index (χ2v) is 2.58. The van der Waals surface area contributed by atoms with E-state index in [0.717, 1.165) is 5.56 Å². The Hall–Kier alpha value is -1.26. The highest BCUT2D eigenvalue weighted by Crippen LogP contribution is 2.17. The van der Waals surface area contributed by atoms with Gasteiger partial charge in [-0.05, 0) is 18.6 Å². The van der Waals surface area contributed by atoms with Gasteiger partial charge in [0.05, 0.1) is 0 Å². The van der Waals surface area contributed by atoms with Gasteiger partial charge in [-0.2, -0.15) is 13.2 Å². The van der Waals surface area contributed by atoms with Crippen molar-refractivity contribution < 1.29 is 17.9 Å². The van der Waals surface area contributed by atoms with Crippen molar-refractivity contribution in [3.05, 3.63) is 23.9 Å². The van der Waals surface area contributed by atoms with Crippen LogP contribution >= 0.6 is 0 Å². The van der Waals surface area contributed by atoms with E-state index in [1.54, 1.807) is 13.0 Å². The van der Waals surface area contributed by atoms with E-state index in [-0.39, 0.29) is 5.88 Å². The number of pyridine rings is 1. The number of alkyl halides is 3. The van der Waals surface area contributed by atoms with Gasteiger partial charge < -0.3 is 4.74 Å². The summed E-state index contributed by atoms with van der Waals surface area (Å²) >= 11 is 0. The molecule has 1 aromatic heterocycles.